The molecule has 0 unspecified atom stereocenters. The molecule has 3 aromatic rings. The summed E-state index contributed by atoms with van der Waals surface area (Å²) in [6.45, 7) is 1.97. The van der Waals surface area contributed by atoms with Crippen molar-refractivity contribution in [1.82, 2.24) is 14.8 Å². The average molecular weight is 393 g/mol. The normalized spacial score (nSPS) is 20.3. The fourth-order valence-corrected chi connectivity index (χ4v) is 3.76. The van der Waals surface area contributed by atoms with Gasteiger partial charge in [0, 0.05) is 6.04 Å². The smallest absolute Gasteiger partial charge is 0.232 e. The van der Waals surface area contributed by atoms with E-state index < -0.39 is 5.92 Å². The summed E-state index contributed by atoms with van der Waals surface area (Å²) in [4.78, 5) is 17.7. The van der Waals surface area contributed by atoms with E-state index in [4.69, 9.17) is 9.47 Å². The number of para-hydroxylation sites is 2. The van der Waals surface area contributed by atoms with Crippen molar-refractivity contribution >= 4 is 17.5 Å². The Kier molecular flexibility index (Phi) is 5.07. The summed E-state index contributed by atoms with van der Waals surface area (Å²) in [6, 6.07) is 14.6. The first kappa shape index (κ1) is 18.8. The lowest BCUT2D eigenvalue weighted by molar-refractivity contribution is -0.121. The molecule has 1 aliphatic rings. The Morgan fingerprint density at radius 1 is 1.10 bits per heavy atom. The summed E-state index contributed by atoms with van der Waals surface area (Å²) in [7, 11) is 3.21. The van der Waals surface area contributed by atoms with Gasteiger partial charge in [0.1, 0.15) is 17.8 Å². The summed E-state index contributed by atoms with van der Waals surface area (Å²) >= 11 is 0. The fourth-order valence-electron chi connectivity index (χ4n) is 3.76. The molecule has 2 N–H and O–H groups in total. The molecule has 0 radical (unpaired) electrons. The van der Waals surface area contributed by atoms with Gasteiger partial charge in [-0.15, -0.1) is 0 Å². The van der Waals surface area contributed by atoms with Gasteiger partial charge >= 0.3 is 0 Å². The van der Waals surface area contributed by atoms with Crippen LogP contribution in [0.25, 0.3) is 0 Å². The molecule has 150 valence electrons. The van der Waals surface area contributed by atoms with E-state index in [0.717, 1.165) is 11.3 Å². The number of nitrogens with zero attached hydrogens (tertiary/aromatic N) is 3. The van der Waals surface area contributed by atoms with Crippen molar-refractivity contribution in [2.75, 3.05) is 24.9 Å². The van der Waals surface area contributed by atoms with Crippen LogP contribution in [-0.2, 0) is 4.79 Å². The molecule has 8 heteroatoms. The first-order chi connectivity index (χ1) is 14.1. The molecule has 0 saturated carbocycles. The maximum Gasteiger partial charge on any atom is 0.232 e. The molecule has 1 aromatic heterocycles. The highest BCUT2D eigenvalue weighted by Crippen LogP contribution is 2.37. The number of hydrogen-bond donors (Lipinski definition) is 2. The van der Waals surface area contributed by atoms with Crippen molar-refractivity contribution in [1.29, 1.82) is 0 Å². The summed E-state index contributed by atoms with van der Waals surface area (Å²) in [5.41, 5.74) is 1.58. The zero-order valence-electron chi connectivity index (χ0n) is 16.5. The Bertz CT molecular complexity index is 1000. The molecule has 4 rings (SSSR count). The first-order valence-corrected chi connectivity index (χ1v) is 9.36. The van der Waals surface area contributed by atoms with Crippen LogP contribution in [0.5, 0.6) is 11.5 Å². The number of carbonyl (C=O) groups is 1. The summed E-state index contributed by atoms with van der Waals surface area (Å²) in [6.07, 6.45) is 1.49. The van der Waals surface area contributed by atoms with Crippen molar-refractivity contribution in [3.8, 4) is 11.5 Å². The minimum absolute atomic E-state index is 0.128. The minimum atomic E-state index is -0.428. The second-order valence-corrected chi connectivity index (χ2v) is 6.89. The number of hydrogen-bond acceptors (Lipinski definition) is 6. The molecule has 0 saturated heterocycles. The molecule has 0 aliphatic carbocycles. The van der Waals surface area contributed by atoms with Gasteiger partial charge in [-0.3, -0.25) is 4.79 Å². The summed E-state index contributed by atoms with van der Waals surface area (Å²) in [5.74, 6) is 1.45. The van der Waals surface area contributed by atoms with Gasteiger partial charge < -0.3 is 20.1 Å². The number of rotatable bonds is 5. The number of nitrogens with one attached hydrogen (secondary N) is 2. The number of aromatic nitrogens is 3. The number of anilines is 2. The van der Waals surface area contributed by atoms with Crippen molar-refractivity contribution < 1.29 is 14.3 Å². The van der Waals surface area contributed by atoms with Gasteiger partial charge in [0.15, 0.2) is 0 Å². The van der Waals surface area contributed by atoms with E-state index in [-0.39, 0.29) is 18.0 Å². The first-order valence-electron chi connectivity index (χ1n) is 9.36. The van der Waals surface area contributed by atoms with Crippen LogP contribution in [0, 0.1) is 5.92 Å². The molecule has 1 amide bonds. The van der Waals surface area contributed by atoms with Crippen LogP contribution in [0.1, 0.15) is 18.5 Å². The number of carbonyl (C=O) groups excluding carboxylic acids is 1. The van der Waals surface area contributed by atoms with Gasteiger partial charge in [-0.25, -0.2) is 4.68 Å². The lowest BCUT2D eigenvalue weighted by atomic mass is 9.85. The van der Waals surface area contributed by atoms with Crippen LogP contribution in [-0.4, -0.2) is 40.9 Å². The van der Waals surface area contributed by atoms with E-state index in [0.29, 0.717) is 17.4 Å². The second-order valence-electron chi connectivity index (χ2n) is 6.89. The standard InChI is InChI=1S/C21H23N5O3/c1-13-18(20(27)25-16-6-4-5-7-17(16)29-3)19(26-21(24-13)22-12-23-26)14-8-10-15(28-2)11-9-14/h4-13,18-19H,1-3H3,(H,25,27)(H,22,23,24)/t13-,18+,19-/m1/s1. The maximum absolute atomic E-state index is 13.4. The lowest BCUT2D eigenvalue weighted by Gasteiger charge is -2.37. The molecule has 0 bridgehead atoms. The van der Waals surface area contributed by atoms with Crippen LogP contribution >= 0.6 is 0 Å². The Hall–Kier alpha value is -3.55. The van der Waals surface area contributed by atoms with Crippen LogP contribution in [0.3, 0.4) is 0 Å². The third kappa shape index (κ3) is 3.49. The Morgan fingerprint density at radius 3 is 2.59 bits per heavy atom. The number of benzene rings is 2. The molecule has 2 aromatic carbocycles. The number of amides is 1. The number of fused-ring (bicyclic) bond motifs is 1. The van der Waals surface area contributed by atoms with Crippen molar-refractivity contribution in [3.63, 3.8) is 0 Å². The SMILES string of the molecule is COc1ccc([C@@H]2[C@@H](C(=O)Nc3ccccc3OC)[C@@H](C)Nc3ncnn32)cc1. The largest absolute Gasteiger partial charge is 0.497 e. The molecule has 29 heavy (non-hydrogen) atoms. The van der Waals surface area contributed by atoms with Crippen LogP contribution in [0.2, 0.25) is 0 Å². The molecule has 0 fully saturated rings. The van der Waals surface area contributed by atoms with E-state index in [2.05, 4.69) is 20.7 Å². The molecular formula is C21H23N5O3. The predicted octanol–water partition coefficient (Wildman–Crippen LogP) is 2.95. The second kappa shape index (κ2) is 7.83. The van der Waals surface area contributed by atoms with Gasteiger partial charge in [0.2, 0.25) is 11.9 Å². The molecule has 3 atom stereocenters. The summed E-state index contributed by atoms with van der Waals surface area (Å²) in [5, 5.41) is 10.7. The quantitative estimate of drug-likeness (QED) is 0.693. The zero-order valence-corrected chi connectivity index (χ0v) is 16.5. The molecule has 1 aliphatic heterocycles. The van der Waals surface area contributed by atoms with Crippen molar-refractivity contribution in [2.24, 2.45) is 5.92 Å². The maximum atomic E-state index is 13.4. The molecule has 0 spiro atoms. The Labute approximate surface area is 168 Å². The molecule has 8 nitrogen and oxygen atoms in total. The van der Waals surface area contributed by atoms with Gasteiger partial charge in [-0.2, -0.15) is 10.1 Å². The highest BCUT2D eigenvalue weighted by Gasteiger charge is 2.41. The lowest BCUT2D eigenvalue weighted by Crippen LogP contribution is -2.46. The van der Waals surface area contributed by atoms with Crippen LogP contribution in [0.4, 0.5) is 11.6 Å². The number of methoxy groups -OCH3 is 2. The highest BCUT2D eigenvalue weighted by atomic mass is 16.5. The van der Waals surface area contributed by atoms with E-state index in [1.54, 1.807) is 18.9 Å². The van der Waals surface area contributed by atoms with E-state index >= 15 is 0 Å². The molecular weight excluding hydrogens is 370 g/mol. The predicted molar refractivity (Wildman–Crippen MR) is 109 cm³/mol. The van der Waals surface area contributed by atoms with E-state index in [1.807, 2.05) is 55.5 Å². The Morgan fingerprint density at radius 2 is 1.86 bits per heavy atom. The van der Waals surface area contributed by atoms with Crippen LogP contribution < -0.4 is 20.1 Å². The van der Waals surface area contributed by atoms with Gasteiger partial charge in [-0.05, 0) is 36.8 Å². The van der Waals surface area contributed by atoms with E-state index in [1.165, 1.54) is 6.33 Å². The third-order valence-electron chi connectivity index (χ3n) is 5.20. The molecule has 2 heterocycles. The highest BCUT2D eigenvalue weighted by molar-refractivity contribution is 5.95. The zero-order chi connectivity index (χ0) is 20.4. The summed E-state index contributed by atoms with van der Waals surface area (Å²) < 4.78 is 12.4. The van der Waals surface area contributed by atoms with Gasteiger partial charge in [-0.1, -0.05) is 24.3 Å². The van der Waals surface area contributed by atoms with Gasteiger partial charge in [0.05, 0.1) is 31.9 Å². The Balaban J connectivity index is 1.71. The minimum Gasteiger partial charge on any atom is -0.497 e. The number of ether oxygens (including phenoxy) is 2. The van der Waals surface area contributed by atoms with Crippen molar-refractivity contribution in [3.05, 3.63) is 60.4 Å². The van der Waals surface area contributed by atoms with Crippen molar-refractivity contribution in [2.45, 2.75) is 19.0 Å². The van der Waals surface area contributed by atoms with Crippen LogP contribution in [0.15, 0.2) is 54.9 Å². The monoisotopic (exact) mass is 393 g/mol. The topological polar surface area (TPSA) is 90.3 Å². The fraction of sp³-hybridized carbons (Fsp3) is 0.286. The van der Waals surface area contributed by atoms with Gasteiger partial charge in [0.25, 0.3) is 0 Å². The van der Waals surface area contributed by atoms with E-state index in [9.17, 15) is 4.79 Å². The average Bonchev–Trinajstić information content (AvgIpc) is 3.21. The third-order valence-corrected chi connectivity index (χ3v) is 5.20.